The van der Waals surface area contributed by atoms with Crippen LogP contribution in [0, 0.1) is 0 Å². The lowest BCUT2D eigenvalue weighted by Gasteiger charge is -2.25. The molecule has 2 aliphatic heterocycles. The average Bonchev–Trinajstić information content (AvgIpc) is 3.32. The number of nitrogens with zero attached hydrogens (tertiary/aromatic N) is 1. The molecule has 8 heteroatoms. The quantitative estimate of drug-likeness (QED) is 0.391. The highest BCUT2D eigenvalue weighted by Gasteiger charge is 2.46. The zero-order valence-electron chi connectivity index (χ0n) is 19.1. The Morgan fingerprint density at radius 2 is 1.85 bits per heavy atom. The first-order chi connectivity index (χ1) is 15.9. The van der Waals surface area contributed by atoms with Crippen molar-refractivity contribution in [3.63, 3.8) is 0 Å². The van der Waals surface area contributed by atoms with Crippen LogP contribution in [0.5, 0.6) is 17.2 Å². The van der Waals surface area contributed by atoms with Crippen LogP contribution in [0.3, 0.4) is 0 Å². The first-order valence-corrected chi connectivity index (χ1v) is 10.7. The van der Waals surface area contributed by atoms with Gasteiger partial charge in [-0.1, -0.05) is 6.07 Å². The zero-order chi connectivity index (χ0) is 23.7. The van der Waals surface area contributed by atoms with Crippen molar-refractivity contribution < 1.29 is 33.6 Å². The van der Waals surface area contributed by atoms with Crippen molar-refractivity contribution in [1.29, 1.82) is 0 Å². The van der Waals surface area contributed by atoms with Gasteiger partial charge < -0.3 is 29.0 Å². The van der Waals surface area contributed by atoms with E-state index in [2.05, 4.69) is 0 Å². The largest absolute Gasteiger partial charge is 0.507 e. The van der Waals surface area contributed by atoms with Crippen LogP contribution in [0.2, 0.25) is 0 Å². The van der Waals surface area contributed by atoms with E-state index in [9.17, 15) is 14.7 Å². The summed E-state index contributed by atoms with van der Waals surface area (Å²) in [7, 11) is 4.56. The molecule has 0 aliphatic carbocycles. The van der Waals surface area contributed by atoms with Crippen LogP contribution < -0.4 is 14.2 Å². The molecule has 1 amide bonds. The van der Waals surface area contributed by atoms with Crippen LogP contribution in [0.15, 0.2) is 42.0 Å². The Kier molecular flexibility index (Phi) is 6.29. The average molecular weight is 453 g/mol. The number of amides is 1. The van der Waals surface area contributed by atoms with E-state index in [0.29, 0.717) is 29.0 Å². The molecule has 2 aromatic carbocycles. The van der Waals surface area contributed by atoms with Gasteiger partial charge in [-0.3, -0.25) is 9.59 Å². The highest BCUT2D eigenvalue weighted by molar-refractivity contribution is 6.46. The lowest BCUT2D eigenvalue weighted by molar-refractivity contribution is -0.140. The number of methoxy groups -OCH3 is 3. The predicted molar refractivity (Wildman–Crippen MR) is 121 cm³/mol. The summed E-state index contributed by atoms with van der Waals surface area (Å²) in [5.74, 6) is 0.0743. The number of rotatable bonds is 7. The first kappa shape index (κ1) is 22.7. The summed E-state index contributed by atoms with van der Waals surface area (Å²) >= 11 is 0. The maximum atomic E-state index is 13.1. The second-order valence-electron chi connectivity index (χ2n) is 8.05. The van der Waals surface area contributed by atoms with Crippen molar-refractivity contribution in [1.82, 2.24) is 4.90 Å². The third kappa shape index (κ3) is 4.02. The van der Waals surface area contributed by atoms with E-state index in [1.54, 1.807) is 30.3 Å². The fourth-order valence-corrected chi connectivity index (χ4v) is 4.39. The molecule has 0 saturated carbocycles. The molecule has 2 heterocycles. The maximum Gasteiger partial charge on any atom is 0.295 e. The number of fused-ring (bicyclic) bond motifs is 1. The van der Waals surface area contributed by atoms with E-state index in [0.717, 1.165) is 11.3 Å². The Morgan fingerprint density at radius 1 is 1.09 bits per heavy atom. The molecule has 0 aromatic heterocycles. The van der Waals surface area contributed by atoms with Crippen LogP contribution >= 0.6 is 0 Å². The summed E-state index contributed by atoms with van der Waals surface area (Å²) in [4.78, 5) is 27.5. The molecule has 0 radical (unpaired) electrons. The van der Waals surface area contributed by atoms with E-state index in [1.807, 2.05) is 13.0 Å². The molecule has 174 valence electrons. The molecule has 0 bridgehead atoms. The van der Waals surface area contributed by atoms with Gasteiger partial charge in [-0.15, -0.1) is 0 Å². The van der Waals surface area contributed by atoms with Crippen molar-refractivity contribution in [3.8, 4) is 17.2 Å². The Morgan fingerprint density at radius 3 is 2.55 bits per heavy atom. The van der Waals surface area contributed by atoms with E-state index in [4.69, 9.17) is 18.9 Å². The third-order valence-corrected chi connectivity index (χ3v) is 5.97. The molecule has 33 heavy (non-hydrogen) atoms. The molecule has 2 atom stereocenters. The number of carbonyl (C=O) groups excluding carboxylic acids is 2. The van der Waals surface area contributed by atoms with E-state index in [-0.39, 0.29) is 30.6 Å². The molecule has 0 spiro atoms. The van der Waals surface area contributed by atoms with Gasteiger partial charge in [-0.2, -0.15) is 0 Å². The Labute approximate surface area is 192 Å². The van der Waals surface area contributed by atoms with Crippen molar-refractivity contribution in [2.24, 2.45) is 0 Å². The first-order valence-electron chi connectivity index (χ1n) is 10.7. The number of hydrogen-bond donors (Lipinski definition) is 1. The van der Waals surface area contributed by atoms with Crippen molar-refractivity contribution in [2.75, 3.05) is 34.5 Å². The van der Waals surface area contributed by atoms with Crippen LogP contribution in [0.1, 0.15) is 29.7 Å². The summed E-state index contributed by atoms with van der Waals surface area (Å²) in [5, 5.41) is 11.3. The number of likely N-dealkylation sites (tertiary alicyclic amines) is 1. The molecular weight excluding hydrogens is 426 g/mol. The van der Waals surface area contributed by atoms with Gasteiger partial charge in [0.1, 0.15) is 17.6 Å². The summed E-state index contributed by atoms with van der Waals surface area (Å²) in [6, 6.07) is 9.65. The predicted octanol–water partition coefficient (Wildman–Crippen LogP) is 3.10. The van der Waals surface area contributed by atoms with Crippen molar-refractivity contribution >= 4 is 17.4 Å². The molecule has 1 saturated heterocycles. The number of Topliss-reactive ketones (excluding diaryl/α,β-unsaturated/α-hetero) is 1. The maximum absolute atomic E-state index is 13.1. The van der Waals surface area contributed by atoms with Gasteiger partial charge in [0.2, 0.25) is 0 Å². The minimum atomic E-state index is -0.802. The molecule has 0 unspecified atom stereocenters. The molecule has 2 aliphatic rings. The number of carbonyl (C=O) groups is 2. The van der Waals surface area contributed by atoms with Crippen LogP contribution in [0.25, 0.3) is 5.76 Å². The summed E-state index contributed by atoms with van der Waals surface area (Å²) in [5.41, 5.74) is 2.04. The van der Waals surface area contributed by atoms with Crippen LogP contribution in [-0.4, -0.2) is 62.3 Å². The van der Waals surface area contributed by atoms with Crippen molar-refractivity contribution in [3.05, 3.63) is 58.7 Å². The van der Waals surface area contributed by atoms with E-state index < -0.39 is 17.7 Å². The standard InChI is InChI=1S/C25H27NO7/c1-14-11-17-12-16(6-7-18(17)33-14)23(27)21-22(26(9-10-30-2)25(29)24(21)28)15-5-8-19(31-3)20(13-15)32-4/h5-8,12-14,22,27H,9-11H2,1-4H3/t14-,22-/m1/s1. The highest BCUT2D eigenvalue weighted by Crippen LogP contribution is 2.42. The molecule has 4 rings (SSSR count). The number of aliphatic hydroxyl groups excluding tert-OH is 1. The van der Waals surface area contributed by atoms with Crippen molar-refractivity contribution in [2.45, 2.75) is 25.5 Å². The monoisotopic (exact) mass is 453 g/mol. The lowest BCUT2D eigenvalue weighted by Crippen LogP contribution is -2.32. The second kappa shape index (κ2) is 9.15. The van der Waals surface area contributed by atoms with Gasteiger partial charge in [0, 0.05) is 25.6 Å². The molecule has 8 nitrogen and oxygen atoms in total. The van der Waals surface area contributed by atoms with Gasteiger partial charge in [-0.05, 0) is 48.4 Å². The number of benzene rings is 2. The SMILES string of the molecule is COCCN1C(=O)C(=O)C(=C(O)c2ccc3c(c2)C[C@@H](C)O3)[C@H]1c1ccc(OC)c(OC)c1. The van der Waals surface area contributed by atoms with E-state index in [1.165, 1.54) is 26.2 Å². The second-order valence-corrected chi connectivity index (χ2v) is 8.05. The minimum absolute atomic E-state index is 0.0234. The van der Waals surface area contributed by atoms with Gasteiger partial charge in [-0.25, -0.2) is 0 Å². The fraction of sp³-hybridized carbons (Fsp3) is 0.360. The Bertz CT molecular complexity index is 1120. The smallest absolute Gasteiger partial charge is 0.295 e. The number of hydrogen-bond acceptors (Lipinski definition) is 7. The van der Waals surface area contributed by atoms with Gasteiger partial charge >= 0.3 is 0 Å². The number of aliphatic hydroxyl groups is 1. The van der Waals surface area contributed by atoms with E-state index >= 15 is 0 Å². The van der Waals surface area contributed by atoms with Gasteiger partial charge in [0.25, 0.3) is 11.7 Å². The van der Waals surface area contributed by atoms with Gasteiger partial charge in [0.05, 0.1) is 32.4 Å². The molecule has 1 N–H and O–H groups in total. The molecular formula is C25H27NO7. The highest BCUT2D eigenvalue weighted by atomic mass is 16.5. The lowest BCUT2D eigenvalue weighted by atomic mass is 9.94. The fourth-order valence-electron chi connectivity index (χ4n) is 4.39. The Balaban J connectivity index is 1.85. The summed E-state index contributed by atoms with van der Waals surface area (Å²) < 4.78 is 21.6. The summed E-state index contributed by atoms with van der Waals surface area (Å²) in [6.07, 6.45) is 0.751. The number of ether oxygens (including phenoxy) is 4. The summed E-state index contributed by atoms with van der Waals surface area (Å²) in [6.45, 7) is 2.40. The zero-order valence-corrected chi connectivity index (χ0v) is 19.1. The van der Waals surface area contributed by atoms with Crippen LogP contribution in [-0.2, 0) is 20.7 Å². The topological polar surface area (TPSA) is 94.5 Å². The molecule has 1 fully saturated rings. The molecule has 2 aromatic rings. The van der Waals surface area contributed by atoms with Gasteiger partial charge in [0.15, 0.2) is 11.5 Å². The normalized spacial score (nSPS) is 21.2. The minimum Gasteiger partial charge on any atom is -0.507 e. The van der Waals surface area contributed by atoms with Crippen LogP contribution in [0.4, 0.5) is 0 Å². The third-order valence-electron chi connectivity index (χ3n) is 5.97. The number of ketones is 1. The Hall–Kier alpha value is -3.52.